The van der Waals surface area contributed by atoms with Crippen molar-refractivity contribution < 1.29 is 0 Å². The first-order valence-corrected chi connectivity index (χ1v) is 17.6. The van der Waals surface area contributed by atoms with Crippen LogP contribution in [-0.2, 0) is 5.41 Å². The molecule has 3 heteroatoms. The zero-order valence-electron chi connectivity index (χ0n) is 28.1. The first-order valence-electron chi connectivity index (χ1n) is 17.6. The molecule has 1 aliphatic rings. The smallest absolute Gasteiger partial charge is 0.161 e. The van der Waals surface area contributed by atoms with Crippen LogP contribution in [0.4, 0.5) is 0 Å². The lowest BCUT2D eigenvalue weighted by Gasteiger charge is -2.39. The van der Waals surface area contributed by atoms with E-state index in [1.807, 2.05) is 60.8 Å². The van der Waals surface area contributed by atoms with Crippen LogP contribution in [0.3, 0.4) is 0 Å². The molecule has 0 atom stereocenters. The number of amidine groups is 2. The molecule has 0 heterocycles. The van der Waals surface area contributed by atoms with E-state index in [2.05, 4.69) is 109 Å². The maximum Gasteiger partial charge on any atom is 0.161 e. The first-order chi connectivity index (χ1) is 24.7. The van der Waals surface area contributed by atoms with Crippen molar-refractivity contribution >= 4 is 39.4 Å². The second-order valence-corrected chi connectivity index (χ2v) is 13.3. The Morgan fingerprint density at radius 3 is 1.92 bits per heavy atom. The predicted octanol–water partition coefficient (Wildman–Crippen LogP) is 11.8. The van der Waals surface area contributed by atoms with Crippen molar-refractivity contribution in [3.63, 3.8) is 0 Å². The van der Waals surface area contributed by atoms with E-state index in [1.54, 1.807) is 0 Å². The van der Waals surface area contributed by atoms with Gasteiger partial charge in [0.25, 0.3) is 0 Å². The van der Waals surface area contributed by atoms with E-state index in [4.69, 9.17) is 15.4 Å². The minimum atomic E-state index is -0.0427. The molecule has 0 amide bonds. The molecule has 0 unspecified atom stereocenters. The van der Waals surface area contributed by atoms with Crippen molar-refractivity contribution in [1.29, 1.82) is 5.41 Å². The molecule has 8 rings (SSSR count). The van der Waals surface area contributed by atoms with Crippen LogP contribution in [-0.4, -0.2) is 17.9 Å². The molecule has 1 aliphatic carbocycles. The molecular formula is C47H39N3. The molecule has 242 valence electrons. The minimum Gasteiger partial charge on any atom is -0.282 e. The van der Waals surface area contributed by atoms with E-state index in [9.17, 15) is 0 Å². The molecule has 3 nitrogen and oxygen atoms in total. The highest BCUT2D eigenvalue weighted by atomic mass is 14.9. The highest BCUT2D eigenvalue weighted by molar-refractivity contribution is 6.16. The Morgan fingerprint density at radius 1 is 0.540 bits per heavy atom. The van der Waals surface area contributed by atoms with E-state index in [0.29, 0.717) is 5.84 Å². The number of nitrogens with zero attached hydrogens (tertiary/aromatic N) is 2. The molecule has 1 fully saturated rings. The van der Waals surface area contributed by atoms with Gasteiger partial charge in [-0.15, -0.1) is 0 Å². The van der Waals surface area contributed by atoms with Crippen molar-refractivity contribution in [2.75, 3.05) is 0 Å². The van der Waals surface area contributed by atoms with E-state index in [-0.39, 0.29) is 11.3 Å². The predicted molar refractivity (Wildman–Crippen MR) is 211 cm³/mol. The van der Waals surface area contributed by atoms with Crippen molar-refractivity contribution in [3.8, 4) is 11.1 Å². The van der Waals surface area contributed by atoms with Gasteiger partial charge in [0.1, 0.15) is 0 Å². The van der Waals surface area contributed by atoms with Crippen molar-refractivity contribution in [2.45, 2.75) is 37.5 Å². The number of aliphatic imine (C=N–C) groups is 2. The molecule has 0 aliphatic heterocycles. The van der Waals surface area contributed by atoms with E-state index in [1.165, 1.54) is 52.3 Å². The zero-order chi connectivity index (χ0) is 33.8. The van der Waals surface area contributed by atoms with Gasteiger partial charge in [0.2, 0.25) is 0 Å². The monoisotopic (exact) mass is 645 g/mol. The highest BCUT2D eigenvalue weighted by Gasteiger charge is 2.35. The van der Waals surface area contributed by atoms with Gasteiger partial charge in [-0.05, 0) is 68.3 Å². The topological polar surface area (TPSA) is 48.6 Å². The van der Waals surface area contributed by atoms with Crippen molar-refractivity contribution in [3.05, 3.63) is 192 Å². The molecule has 0 spiro atoms. The van der Waals surface area contributed by atoms with Gasteiger partial charge in [0.15, 0.2) is 11.7 Å². The Balaban J connectivity index is 1.14. The standard InChI is InChI=1S/C47H39N3/c48-45(44-19-11-17-37-15-7-8-18-43(37)44)50-46(49-33-34-12-3-1-4-13-34)38-24-28-42(29-25-38)47(30-9-2-10-31-47)41-26-22-36(23-27-41)40-21-20-35-14-5-6-16-39(35)32-40/h1,3-8,11-29,32-33,48H,2,9-10,30-31H2. The quantitative estimate of drug-likeness (QED) is 0.138. The van der Waals surface area contributed by atoms with Gasteiger partial charge in [-0.2, -0.15) is 0 Å². The number of hydrogen-bond donors (Lipinski definition) is 1. The molecule has 7 aromatic rings. The maximum absolute atomic E-state index is 9.08. The normalized spacial score (nSPS) is 14.7. The molecule has 50 heavy (non-hydrogen) atoms. The number of nitrogens with one attached hydrogen (secondary N) is 1. The fourth-order valence-corrected chi connectivity index (χ4v) is 7.63. The maximum atomic E-state index is 9.08. The van der Waals surface area contributed by atoms with E-state index < -0.39 is 0 Å². The average Bonchev–Trinajstić information content (AvgIpc) is 3.20. The van der Waals surface area contributed by atoms with Crippen LogP contribution in [0.15, 0.2) is 174 Å². The summed E-state index contributed by atoms with van der Waals surface area (Å²) in [4.78, 5) is 9.73. The van der Waals surface area contributed by atoms with Crippen molar-refractivity contribution in [2.24, 2.45) is 9.98 Å². The summed E-state index contributed by atoms with van der Waals surface area (Å²) < 4.78 is 0. The Hall–Kier alpha value is -5.93. The summed E-state index contributed by atoms with van der Waals surface area (Å²) in [5.41, 5.74) is 7.82. The lowest BCUT2D eigenvalue weighted by molar-refractivity contribution is 0.346. The third-order valence-corrected chi connectivity index (χ3v) is 10.3. The second kappa shape index (κ2) is 13.9. The Labute approximate surface area is 294 Å². The number of benzene rings is 7. The summed E-state index contributed by atoms with van der Waals surface area (Å²) in [5.74, 6) is 0.720. The van der Waals surface area contributed by atoms with Gasteiger partial charge in [-0.3, -0.25) is 5.41 Å². The Morgan fingerprint density at radius 2 is 1.16 bits per heavy atom. The third-order valence-electron chi connectivity index (χ3n) is 10.3. The fraction of sp³-hybridized carbons (Fsp3) is 0.128. The summed E-state index contributed by atoms with van der Waals surface area (Å²) in [6.45, 7) is 0. The molecule has 7 aromatic carbocycles. The molecule has 0 bridgehead atoms. The SMILES string of the molecule is N=C(N=C(N=Cc1ccccc1)c1ccc(C2(c3ccc(-c4ccc5ccccc5c4)cc3)CCCCC2)cc1)c1cccc2ccccc12. The lowest BCUT2D eigenvalue weighted by atomic mass is 9.65. The summed E-state index contributed by atoms with van der Waals surface area (Å²) in [6, 6.07) is 57.7. The van der Waals surface area contributed by atoms with Gasteiger partial charge in [0, 0.05) is 22.8 Å². The zero-order valence-corrected chi connectivity index (χ0v) is 28.1. The van der Waals surface area contributed by atoms with Crippen LogP contribution in [0.25, 0.3) is 32.7 Å². The van der Waals surface area contributed by atoms with Crippen LogP contribution < -0.4 is 0 Å². The van der Waals surface area contributed by atoms with Crippen LogP contribution in [0.2, 0.25) is 0 Å². The Kier molecular flexibility index (Phi) is 8.71. The fourth-order valence-electron chi connectivity index (χ4n) is 7.63. The van der Waals surface area contributed by atoms with Gasteiger partial charge in [-0.1, -0.05) is 177 Å². The molecule has 0 saturated heterocycles. The van der Waals surface area contributed by atoms with E-state index in [0.717, 1.165) is 40.3 Å². The summed E-state index contributed by atoms with van der Waals surface area (Å²) in [7, 11) is 0. The number of hydrogen-bond acceptors (Lipinski definition) is 1. The molecular weight excluding hydrogens is 607 g/mol. The summed E-state index contributed by atoms with van der Waals surface area (Å²) in [6.07, 6.45) is 7.79. The van der Waals surface area contributed by atoms with Crippen molar-refractivity contribution in [1.82, 2.24) is 0 Å². The molecule has 1 N–H and O–H groups in total. The van der Waals surface area contributed by atoms with Gasteiger partial charge >= 0.3 is 0 Å². The van der Waals surface area contributed by atoms with Crippen LogP contribution in [0, 0.1) is 5.41 Å². The average molecular weight is 646 g/mol. The number of rotatable bonds is 6. The second-order valence-electron chi connectivity index (χ2n) is 13.3. The number of fused-ring (bicyclic) bond motifs is 2. The first kappa shape index (κ1) is 31.3. The molecule has 1 saturated carbocycles. The van der Waals surface area contributed by atoms with Crippen LogP contribution in [0.1, 0.15) is 59.9 Å². The largest absolute Gasteiger partial charge is 0.282 e. The third kappa shape index (κ3) is 6.31. The Bertz CT molecular complexity index is 2340. The van der Waals surface area contributed by atoms with Crippen LogP contribution in [0.5, 0.6) is 0 Å². The lowest BCUT2D eigenvalue weighted by Crippen LogP contribution is -2.30. The van der Waals surface area contributed by atoms with Gasteiger partial charge in [-0.25, -0.2) is 9.98 Å². The summed E-state index contributed by atoms with van der Waals surface area (Å²) >= 11 is 0. The minimum absolute atomic E-state index is 0.0427. The van der Waals surface area contributed by atoms with Gasteiger partial charge in [0.05, 0.1) is 0 Å². The molecule has 0 aromatic heterocycles. The van der Waals surface area contributed by atoms with E-state index >= 15 is 0 Å². The van der Waals surface area contributed by atoms with Gasteiger partial charge < -0.3 is 0 Å². The summed E-state index contributed by atoms with van der Waals surface area (Å²) in [5, 5.41) is 13.7. The highest BCUT2D eigenvalue weighted by Crippen LogP contribution is 2.45. The molecule has 0 radical (unpaired) electrons. The van der Waals surface area contributed by atoms with Crippen LogP contribution >= 0.6 is 0 Å².